The Bertz CT molecular complexity index is 481. The van der Waals surface area contributed by atoms with Gasteiger partial charge in [-0.15, -0.1) is 0 Å². The van der Waals surface area contributed by atoms with Crippen LogP contribution in [0.5, 0.6) is 0 Å². The predicted octanol–water partition coefficient (Wildman–Crippen LogP) is 2.83. The minimum absolute atomic E-state index is 0.162. The van der Waals surface area contributed by atoms with Crippen molar-refractivity contribution in [2.75, 3.05) is 26.8 Å². The van der Waals surface area contributed by atoms with Crippen LogP contribution in [0, 0.1) is 5.92 Å². The fourth-order valence-electron chi connectivity index (χ4n) is 3.31. The molecule has 0 aliphatic carbocycles. The second-order valence-electron chi connectivity index (χ2n) is 7.35. The van der Waals surface area contributed by atoms with Gasteiger partial charge in [0.2, 0.25) is 5.91 Å². The smallest absolute Gasteiger partial charge is 0.220 e. The fourth-order valence-corrected chi connectivity index (χ4v) is 3.31. The zero-order chi connectivity index (χ0) is 16.7. The van der Waals surface area contributed by atoms with Crippen LogP contribution in [0.2, 0.25) is 0 Å². The molecular weight excluding hydrogens is 288 g/mol. The maximum atomic E-state index is 12.3. The van der Waals surface area contributed by atoms with Crippen molar-refractivity contribution < 1.29 is 9.53 Å². The van der Waals surface area contributed by atoms with Gasteiger partial charge in [0.15, 0.2) is 0 Å². The Morgan fingerprint density at radius 1 is 1.26 bits per heavy atom. The van der Waals surface area contributed by atoms with Crippen LogP contribution in [-0.2, 0) is 16.1 Å². The number of nitrogens with zero attached hydrogens (tertiary/aromatic N) is 1. The molecule has 0 saturated carbocycles. The molecule has 1 N–H and O–H groups in total. The van der Waals surface area contributed by atoms with Crippen molar-refractivity contribution >= 4 is 5.91 Å². The minimum atomic E-state index is -0.230. The maximum absolute atomic E-state index is 12.3. The number of likely N-dealkylation sites (N-methyl/N-ethyl adjacent to an activating group) is 1. The van der Waals surface area contributed by atoms with Crippen LogP contribution in [0.15, 0.2) is 30.3 Å². The number of hydrogen-bond acceptors (Lipinski definition) is 3. The second kappa shape index (κ2) is 8.46. The lowest BCUT2D eigenvalue weighted by Gasteiger charge is -2.32. The Labute approximate surface area is 140 Å². The molecule has 0 atom stereocenters. The molecule has 4 heteroatoms. The van der Waals surface area contributed by atoms with Crippen LogP contribution in [0.1, 0.15) is 38.7 Å². The molecule has 1 amide bonds. The average Bonchev–Trinajstić information content (AvgIpc) is 2.47. The molecule has 0 spiro atoms. The summed E-state index contributed by atoms with van der Waals surface area (Å²) in [6, 6.07) is 10.4. The van der Waals surface area contributed by atoms with Crippen LogP contribution in [0.4, 0.5) is 0 Å². The van der Waals surface area contributed by atoms with Gasteiger partial charge in [0.25, 0.3) is 0 Å². The van der Waals surface area contributed by atoms with Crippen molar-refractivity contribution in [2.24, 2.45) is 5.92 Å². The van der Waals surface area contributed by atoms with E-state index in [2.05, 4.69) is 55.4 Å². The number of rotatable bonds is 7. The van der Waals surface area contributed by atoms with Crippen molar-refractivity contribution in [3.63, 3.8) is 0 Å². The molecule has 2 rings (SSSR count). The first-order valence-electron chi connectivity index (χ1n) is 8.56. The molecular formula is C19H30N2O2. The van der Waals surface area contributed by atoms with E-state index in [1.807, 2.05) is 6.07 Å². The third kappa shape index (κ3) is 6.71. The van der Waals surface area contributed by atoms with Gasteiger partial charge >= 0.3 is 0 Å². The molecule has 128 valence electrons. The highest BCUT2D eigenvalue weighted by molar-refractivity contribution is 5.77. The summed E-state index contributed by atoms with van der Waals surface area (Å²) in [4.78, 5) is 14.6. The molecule has 1 aliphatic heterocycles. The van der Waals surface area contributed by atoms with E-state index >= 15 is 0 Å². The third-order valence-electron chi connectivity index (χ3n) is 4.25. The Hall–Kier alpha value is -1.39. The van der Waals surface area contributed by atoms with E-state index in [9.17, 15) is 4.79 Å². The van der Waals surface area contributed by atoms with Gasteiger partial charge in [0.1, 0.15) is 0 Å². The molecule has 4 nitrogen and oxygen atoms in total. The van der Waals surface area contributed by atoms with Crippen molar-refractivity contribution in [3.05, 3.63) is 35.9 Å². The lowest BCUT2D eigenvalue weighted by Crippen LogP contribution is -2.51. The highest BCUT2D eigenvalue weighted by Crippen LogP contribution is 2.19. The van der Waals surface area contributed by atoms with Crippen LogP contribution < -0.4 is 5.32 Å². The number of ether oxygens (including phenoxy) is 1. The van der Waals surface area contributed by atoms with E-state index in [1.165, 1.54) is 5.56 Å². The fraction of sp³-hybridized carbons (Fsp3) is 0.632. The summed E-state index contributed by atoms with van der Waals surface area (Å²) in [5, 5.41) is 3.20. The minimum Gasteiger partial charge on any atom is -0.381 e. The summed E-state index contributed by atoms with van der Waals surface area (Å²) in [5.41, 5.74) is 1.06. The molecule has 1 aromatic rings. The zero-order valence-electron chi connectivity index (χ0n) is 14.7. The first-order chi connectivity index (χ1) is 10.9. The Kier molecular flexibility index (Phi) is 6.60. The summed E-state index contributed by atoms with van der Waals surface area (Å²) in [6.07, 6.45) is 2.62. The average molecular weight is 318 g/mol. The Morgan fingerprint density at radius 3 is 2.57 bits per heavy atom. The number of amides is 1. The van der Waals surface area contributed by atoms with Crippen molar-refractivity contribution in [1.82, 2.24) is 10.2 Å². The van der Waals surface area contributed by atoms with Gasteiger partial charge in [0, 0.05) is 38.3 Å². The van der Waals surface area contributed by atoms with E-state index in [1.54, 1.807) is 0 Å². The molecule has 1 aliphatic rings. The Balaban J connectivity index is 1.77. The van der Waals surface area contributed by atoms with E-state index in [4.69, 9.17) is 4.74 Å². The van der Waals surface area contributed by atoms with Gasteiger partial charge in [-0.2, -0.15) is 0 Å². The lowest BCUT2D eigenvalue weighted by molar-refractivity contribution is -0.124. The van der Waals surface area contributed by atoms with Gasteiger partial charge in [0.05, 0.1) is 0 Å². The van der Waals surface area contributed by atoms with Gasteiger partial charge in [-0.1, -0.05) is 30.3 Å². The van der Waals surface area contributed by atoms with Gasteiger partial charge < -0.3 is 10.1 Å². The molecule has 0 aromatic heterocycles. The molecule has 0 radical (unpaired) electrons. The summed E-state index contributed by atoms with van der Waals surface area (Å²) >= 11 is 0. The van der Waals surface area contributed by atoms with E-state index in [-0.39, 0.29) is 11.4 Å². The summed E-state index contributed by atoms with van der Waals surface area (Å²) < 4.78 is 5.35. The van der Waals surface area contributed by atoms with Crippen LogP contribution >= 0.6 is 0 Å². The molecule has 1 fully saturated rings. The highest BCUT2D eigenvalue weighted by atomic mass is 16.5. The van der Waals surface area contributed by atoms with Crippen molar-refractivity contribution in [2.45, 2.75) is 45.2 Å². The van der Waals surface area contributed by atoms with Crippen LogP contribution in [0.25, 0.3) is 0 Å². The third-order valence-corrected chi connectivity index (χ3v) is 4.25. The monoisotopic (exact) mass is 318 g/mol. The standard InChI is InChI=1S/C19H30N2O2/c1-19(2,15-21(3)14-17-7-5-4-6-8-17)20-18(22)13-16-9-11-23-12-10-16/h4-8,16H,9-15H2,1-3H3,(H,20,22). The van der Waals surface area contributed by atoms with Crippen LogP contribution in [-0.4, -0.2) is 43.2 Å². The maximum Gasteiger partial charge on any atom is 0.220 e. The molecule has 1 heterocycles. The molecule has 23 heavy (non-hydrogen) atoms. The molecule has 0 bridgehead atoms. The van der Waals surface area contributed by atoms with Crippen molar-refractivity contribution in [1.29, 1.82) is 0 Å². The number of nitrogens with one attached hydrogen (secondary N) is 1. The van der Waals surface area contributed by atoms with Crippen molar-refractivity contribution in [3.8, 4) is 0 Å². The summed E-state index contributed by atoms with van der Waals surface area (Å²) in [7, 11) is 2.10. The zero-order valence-corrected chi connectivity index (χ0v) is 14.7. The first kappa shape index (κ1) is 18.0. The molecule has 1 aromatic carbocycles. The SMILES string of the molecule is CN(Cc1ccccc1)CC(C)(C)NC(=O)CC1CCOCC1. The largest absolute Gasteiger partial charge is 0.381 e. The second-order valence-corrected chi connectivity index (χ2v) is 7.35. The molecule has 1 saturated heterocycles. The number of hydrogen-bond donors (Lipinski definition) is 1. The predicted molar refractivity (Wildman–Crippen MR) is 93.2 cm³/mol. The lowest BCUT2D eigenvalue weighted by atomic mass is 9.95. The molecule has 0 unspecified atom stereocenters. The number of carbonyl (C=O) groups is 1. The topological polar surface area (TPSA) is 41.6 Å². The quantitative estimate of drug-likeness (QED) is 0.840. The van der Waals surface area contributed by atoms with E-state index in [0.29, 0.717) is 12.3 Å². The van der Waals surface area contributed by atoms with E-state index < -0.39 is 0 Å². The van der Waals surface area contributed by atoms with Gasteiger partial charge in [-0.25, -0.2) is 0 Å². The summed E-state index contributed by atoms with van der Waals surface area (Å²) in [6.45, 7) is 7.48. The van der Waals surface area contributed by atoms with Gasteiger partial charge in [-0.05, 0) is 45.2 Å². The summed E-state index contributed by atoms with van der Waals surface area (Å²) in [5.74, 6) is 0.636. The normalized spacial score (nSPS) is 16.5. The van der Waals surface area contributed by atoms with Gasteiger partial charge in [-0.3, -0.25) is 9.69 Å². The number of benzene rings is 1. The van der Waals surface area contributed by atoms with E-state index in [0.717, 1.165) is 39.1 Å². The van der Waals surface area contributed by atoms with Crippen LogP contribution in [0.3, 0.4) is 0 Å². The first-order valence-corrected chi connectivity index (χ1v) is 8.56. The Morgan fingerprint density at radius 2 is 1.91 bits per heavy atom. The highest BCUT2D eigenvalue weighted by Gasteiger charge is 2.24. The number of carbonyl (C=O) groups excluding carboxylic acids is 1.